The van der Waals surface area contributed by atoms with E-state index in [-0.39, 0.29) is 10.6 Å². The number of aryl methyl sites for hydroxylation is 2. The molecule has 1 aromatic carbocycles. The molecule has 0 aliphatic rings. The maximum atomic E-state index is 10.9. The highest BCUT2D eigenvalue weighted by Crippen LogP contribution is 2.24. The van der Waals surface area contributed by atoms with Crippen molar-refractivity contribution >= 4 is 17.6 Å². The molecule has 0 amide bonds. The highest BCUT2D eigenvalue weighted by atomic mass is 16.6. The summed E-state index contributed by atoms with van der Waals surface area (Å²) in [7, 11) is 1.95. The highest BCUT2D eigenvalue weighted by Gasteiger charge is 2.10. The Bertz CT molecular complexity index is 657. The monoisotopic (exact) mass is 257 g/mol. The van der Waals surface area contributed by atoms with Crippen molar-refractivity contribution in [3.05, 3.63) is 57.4 Å². The molecule has 0 radical (unpaired) electrons. The lowest BCUT2D eigenvalue weighted by Crippen LogP contribution is -1.96. The number of nitro benzene ring substituents is 1. The maximum absolute atomic E-state index is 10.9. The van der Waals surface area contributed by atoms with Gasteiger partial charge in [0.15, 0.2) is 0 Å². The summed E-state index contributed by atoms with van der Waals surface area (Å²) in [6.45, 7) is 3.72. The molecule has 1 heterocycles. The van der Waals surface area contributed by atoms with Crippen LogP contribution in [-0.2, 0) is 7.05 Å². The molecule has 0 spiro atoms. The van der Waals surface area contributed by atoms with Crippen LogP contribution in [0.2, 0.25) is 0 Å². The summed E-state index contributed by atoms with van der Waals surface area (Å²) in [6, 6.07) is 8.93. The van der Waals surface area contributed by atoms with Crippen molar-refractivity contribution < 1.29 is 4.92 Å². The highest BCUT2D eigenvalue weighted by molar-refractivity contribution is 5.80. The Kier molecular flexibility index (Phi) is 3.46. The third-order valence-corrected chi connectivity index (χ3v) is 3.15. The van der Waals surface area contributed by atoms with Gasteiger partial charge in [-0.1, -0.05) is 6.07 Å². The van der Waals surface area contributed by atoms with Crippen LogP contribution in [0.4, 0.5) is 11.4 Å². The van der Waals surface area contributed by atoms with E-state index in [1.54, 1.807) is 25.3 Å². The Labute approximate surface area is 111 Å². The second-order valence-corrected chi connectivity index (χ2v) is 4.44. The van der Waals surface area contributed by atoms with Crippen molar-refractivity contribution in [3.63, 3.8) is 0 Å². The van der Waals surface area contributed by atoms with Gasteiger partial charge in [0, 0.05) is 24.4 Å². The van der Waals surface area contributed by atoms with Crippen LogP contribution in [0.5, 0.6) is 0 Å². The summed E-state index contributed by atoms with van der Waals surface area (Å²) in [5.41, 5.74) is 3.41. The summed E-state index contributed by atoms with van der Waals surface area (Å²) < 4.78 is 2.01. The minimum Gasteiger partial charge on any atom is -0.347 e. The molecule has 0 unspecified atom stereocenters. The Morgan fingerprint density at radius 3 is 2.58 bits per heavy atom. The summed E-state index contributed by atoms with van der Waals surface area (Å²) in [6.07, 6.45) is 1.71. The largest absolute Gasteiger partial charge is 0.347 e. The summed E-state index contributed by atoms with van der Waals surface area (Å²) in [5.74, 6) is 0. The fraction of sp³-hybridized carbons (Fsp3) is 0.214. The van der Waals surface area contributed by atoms with E-state index in [2.05, 4.69) is 4.99 Å². The SMILES string of the molecule is Cc1ccc(N=Cc2ccc(C)n2C)cc1[N+](=O)[O-]. The lowest BCUT2D eigenvalue weighted by Gasteiger charge is -2.00. The summed E-state index contributed by atoms with van der Waals surface area (Å²) >= 11 is 0. The van der Waals surface area contributed by atoms with Crippen LogP contribution >= 0.6 is 0 Å². The number of nitro groups is 1. The van der Waals surface area contributed by atoms with Gasteiger partial charge in [0.2, 0.25) is 0 Å². The first-order chi connectivity index (χ1) is 8.99. The van der Waals surface area contributed by atoms with Gasteiger partial charge in [-0.15, -0.1) is 0 Å². The van der Waals surface area contributed by atoms with Gasteiger partial charge in [-0.25, -0.2) is 0 Å². The first-order valence-corrected chi connectivity index (χ1v) is 5.90. The quantitative estimate of drug-likeness (QED) is 0.481. The Morgan fingerprint density at radius 2 is 2.00 bits per heavy atom. The molecule has 5 nitrogen and oxygen atoms in total. The van der Waals surface area contributed by atoms with E-state index < -0.39 is 0 Å². The Hall–Kier alpha value is -2.43. The molecule has 0 fully saturated rings. The first kappa shape index (κ1) is 13.0. The smallest absolute Gasteiger partial charge is 0.274 e. The molecule has 0 saturated heterocycles. The van der Waals surface area contributed by atoms with E-state index in [4.69, 9.17) is 0 Å². The van der Waals surface area contributed by atoms with Gasteiger partial charge in [0.1, 0.15) is 0 Å². The van der Waals surface area contributed by atoms with Crippen molar-refractivity contribution in [2.45, 2.75) is 13.8 Å². The standard InChI is InChI=1S/C14H15N3O2/c1-10-4-6-12(8-14(10)17(18)19)15-9-13-7-5-11(2)16(13)3/h4-9H,1-3H3. The van der Waals surface area contributed by atoms with Crippen molar-refractivity contribution in [1.29, 1.82) is 0 Å². The Morgan fingerprint density at radius 1 is 1.26 bits per heavy atom. The predicted octanol–water partition coefficient (Wildman–Crippen LogP) is 3.30. The number of hydrogen-bond acceptors (Lipinski definition) is 3. The fourth-order valence-electron chi connectivity index (χ4n) is 1.78. The van der Waals surface area contributed by atoms with Gasteiger partial charge in [-0.2, -0.15) is 0 Å². The van der Waals surface area contributed by atoms with Gasteiger partial charge < -0.3 is 4.57 Å². The van der Waals surface area contributed by atoms with Crippen LogP contribution < -0.4 is 0 Å². The van der Waals surface area contributed by atoms with Crippen LogP contribution in [0.25, 0.3) is 0 Å². The molecule has 0 aliphatic heterocycles. The van der Waals surface area contributed by atoms with Gasteiger partial charge in [-0.05, 0) is 32.0 Å². The molecule has 0 aliphatic carbocycles. The lowest BCUT2D eigenvalue weighted by atomic mass is 10.2. The number of rotatable bonds is 3. The van der Waals surface area contributed by atoms with E-state index in [9.17, 15) is 10.1 Å². The molecule has 1 aromatic heterocycles. The molecule has 0 saturated carbocycles. The van der Waals surface area contributed by atoms with Crippen LogP contribution in [0.15, 0.2) is 35.3 Å². The van der Waals surface area contributed by atoms with Crippen molar-refractivity contribution in [2.75, 3.05) is 0 Å². The van der Waals surface area contributed by atoms with E-state index in [0.29, 0.717) is 11.3 Å². The number of nitrogens with zero attached hydrogens (tertiary/aromatic N) is 3. The molecule has 0 bridgehead atoms. The third kappa shape index (κ3) is 2.70. The van der Waals surface area contributed by atoms with Crippen molar-refractivity contribution in [1.82, 2.24) is 4.57 Å². The first-order valence-electron chi connectivity index (χ1n) is 5.90. The van der Waals surface area contributed by atoms with Crippen molar-refractivity contribution in [3.8, 4) is 0 Å². The molecular formula is C14H15N3O2. The zero-order valence-corrected chi connectivity index (χ0v) is 11.1. The number of benzene rings is 1. The molecule has 2 aromatic rings. The Balaban J connectivity index is 2.31. The van der Waals surface area contributed by atoms with Crippen LogP contribution in [0, 0.1) is 24.0 Å². The normalized spacial score (nSPS) is 11.1. The van der Waals surface area contributed by atoms with E-state index in [0.717, 1.165) is 11.4 Å². The minimum atomic E-state index is -0.388. The molecule has 5 heteroatoms. The number of aliphatic imine (C=N–C) groups is 1. The van der Waals surface area contributed by atoms with E-state index >= 15 is 0 Å². The number of aromatic nitrogens is 1. The van der Waals surface area contributed by atoms with Crippen LogP contribution in [-0.4, -0.2) is 15.7 Å². The minimum absolute atomic E-state index is 0.0951. The lowest BCUT2D eigenvalue weighted by molar-refractivity contribution is -0.385. The van der Waals surface area contributed by atoms with Gasteiger partial charge in [-0.3, -0.25) is 15.1 Å². The predicted molar refractivity (Wildman–Crippen MR) is 75.2 cm³/mol. The topological polar surface area (TPSA) is 60.4 Å². The van der Waals surface area contributed by atoms with Gasteiger partial charge >= 0.3 is 0 Å². The van der Waals surface area contributed by atoms with Crippen LogP contribution in [0.3, 0.4) is 0 Å². The second-order valence-electron chi connectivity index (χ2n) is 4.44. The second kappa shape index (κ2) is 5.06. The molecule has 2 rings (SSSR count). The van der Waals surface area contributed by atoms with Crippen molar-refractivity contribution in [2.24, 2.45) is 12.0 Å². The average molecular weight is 257 g/mol. The van der Waals surface area contributed by atoms with E-state index in [1.807, 2.05) is 30.7 Å². The summed E-state index contributed by atoms with van der Waals surface area (Å²) in [5, 5.41) is 10.9. The zero-order chi connectivity index (χ0) is 14.0. The van der Waals surface area contributed by atoms with Gasteiger partial charge in [0.25, 0.3) is 5.69 Å². The molecule has 98 valence electrons. The summed E-state index contributed by atoms with van der Waals surface area (Å²) in [4.78, 5) is 14.8. The molecule has 19 heavy (non-hydrogen) atoms. The molecule has 0 N–H and O–H groups in total. The molecule has 0 atom stereocenters. The number of hydrogen-bond donors (Lipinski definition) is 0. The average Bonchev–Trinajstić information content (AvgIpc) is 2.69. The third-order valence-electron chi connectivity index (χ3n) is 3.15. The fourth-order valence-corrected chi connectivity index (χ4v) is 1.78. The van der Waals surface area contributed by atoms with Crippen LogP contribution in [0.1, 0.15) is 17.0 Å². The maximum Gasteiger partial charge on any atom is 0.274 e. The molecular weight excluding hydrogens is 242 g/mol. The van der Waals surface area contributed by atoms with E-state index in [1.165, 1.54) is 6.07 Å². The van der Waals surface area contributed by atoms with Gasteiger partial charge in [0.05, 0.1) is 22.5 Å². The zero-order valence-electron chi connectivity index (χ0n) is 11.1.